The molecule has 0 saturated heterocycles. The van der Waals surface area contributed by atoms with Gasteiger partial charge in [0.2, 0.25) is 0 Å². The first-order chi connectivity index (χ1) is 8.72. The minimum absolute atomic E-state index is 0.212. The van der Waals surface area contributed by atoms with E-state index < -0.39 is 5.82 Å². The average Bonchev–Trinajstić information content (AvgIpc) is 2.39. The summed E-state index contributed by atoms with van der Waals surface area (Å²) in [5.41, 5.74) is 5.76. The Labute approximate surface area is 104 Å². The highest BCUT2D eigenvalue weighted by molar-refractivity contribution is 5.94. The van der Waals surface area contributed by atoms with Crippen molar-refractivity contribution in [2.24, 2.45) is 5.73 Å². The zero-order valence-electron chi connectivity index (χ0n) is 9.82. The Hall–Kier alpha value is -2.01. The molecule has 1 heterocycles. The summed E-state index contributed by atoms with van der Waals surface area (Å²) in [5, 5.41) is 3.35. The monoisotopic (exact) mass is 247 g/mol. The number of nitrogens with one attached hydrogen (secondary N) is 1. The lowest BCUT2D eigenvalue weighted by molar-refractivity contribution is 0.0949. The Kier molecular flexibility index (Phi) is 3.84. The molecule has 0 atom stereocenters. The van der Waals surface area contributed by atoms with Crippen molar-refractivity contribution in [3.63, 3.8) is 0 Å². The average molecular weight is 247 g/mol. The smallest absolute Gasteiger partial charge is 0.269 e. The van der Waals surface area contributed by atoms with Crippen molar-refractivity contribution in [2.75, 3.05) is 13.1 Å². The molecule has 1 aromatic carbocycles. The number of nitrogens with two attached hydrogens (primary N) is 1. The first-order valence-corrected chi connectivity index (χ1v) is 5.76. The summed E-state index contributed by atoms with van der Waals surface area (Å²) < 4.78 is 13.5. The second-order valence-corrected chi connectivity index (χ2v) is 3.91. The van der Waals surface area contributed by atoms with Crippen LogP contribution in [0, 0.1) is 5.82 Å². The lowest BCUT2D eigenvalue weighted by Crippen LogP contribution is -2.26. The van der Waals surface area contributed by atoms with Crippen molar-refractivity contribution in [1.82, 2.24) is 10.3 Å². The Morgan fingerprint density at radius 2 is 2.17 bits per heavy atom. The molecule has 0 spiro atoms. The van der Waals surface area contributed by atoms with Crippen LogP contribution in [0.3, 0.4) is 0 Å². The highest BCUT2D eigenvalue weighted by Gasteiger charge is 2.09. The lowest BCUT2D eigenvalue weighted by Gasteiger charge is -2.05. The van der Waals surface area contributed by atoms with Crippen LogP contribution in [0.25, 0.3) is 10.9 Å². The van der Waals surface area contributed by atoms with Crippen molar-refractivity contribution in [3.05, 3.63) is 41.8 Å². The van der Waals surface area contributed by atoms with E-state index in [0.29, 0.717) is 24.9 Å². The first kappa shape index (κ1) is 12.4. The molecular formula is C13H14FN3O. The van der Waals surface area contributed by atoms with Gasteiger partial charge in [0.1, 0.15) is 17.0 Å². The van der Waals surface area contributed by atoms with Gasteiger partial charge in [0.05, 0.1) is 0 Å². The van der Waals surface area contributed by atoms with Gasteiger partial charge in [-0.3, -0.25) is 4.79 Å². The molecule has 0 aliphatic carbocycles. The summed E-state index contributed by atoms with van der Waals surface area (Å²) in [6.45, 7) is 1.01. The van der Waals surface area contributed by atoms with Crippen LogP contribution >= 0.6 is 0 Å². The summed E-state index contributed by atoms with van der Waals surface area (Å²) in [4.78, 5) is 15.8. The van der Waals surface area contributed by atoms with E-state index in [9.17, 15) is 9.18 Å². The lowest BCUT2D eigenvalue weighted by atomic mass is 10.2. The summed E-state index contributed by atoms with van der Waals surface area (Å²) in [5.74, 6) is -0.738. The number of hydrogen-bond donors (Lipinski definition) is 2. The molecule has 2 aromatic rings. The number of aromatic nitrogens is 1. The summed E-state index contributed by atoms with van der Waals surface area (Å²) >= 11 is 0. The van der Waals surface area contributed by atoms with Crippen molar-refractivity contribution in [2.45, 2.75) is 6.42 Å². The number of hydrogen-bond acceptors (Lipinski definition) is 3. The van der Waals surface area contributed by atoms with Crippen LogP contribution in [0.15, 0.2) is 30.3 Å². The fourth-order valence-corrected chi connectivity index (χ4v) is 1.63. The number of halogens is 1. The third kappa shape index (κ3) is 2.62. The maximum Gasteiger partial charge on any atom is 0.269 e. The molecule has 3 N–H and O–H groups in total. The van der Waals surface area contributed by atoms with Gasteiger partial charge >= 0.3 is 0 Å². The number of nitrogens with zero attached hydrogens (tertiary/aromatic N) is 1. The van der Waals surface area contributed by atoms with Gasteiger partial charge in [-0.05, 0) is 25.1 Å². The molecule has 0 saturated carbocycles. The van der Waals surface area contributed by atoms with Gasteiger partial charge in [0, 0.05) is 11.9 Å². The number of amides is 1. The van der Waals surface area contributed by atoms with Gasteiger partial charge in [-0.1, -0.05) is 18.2 Å². The number of para-hydroxylation sites is 1. The van der Waals surface area contributed by atoms with Crippen LogP contribution in [0.5, 0.6) is 0 Å². The van der Waals surface area contributed by atoms with Crippen LogP contribution in [-0.2, 0) is 0 Å². The van der Waals surface area contributed by atoms with Gasteiger partial charge in [0.25, 0.3) is 5.91 Å². The van der Waals surface area contributed by atoms with E-state index in [1.807, 2.05) is 0 Å². The largest absolute Gasteiger partial charge is 0.351 e. The molecule has 0 aliphatic heterocycles. The molecule has 0 unspecified atom stereocenters. The number of fused-ring (bicyclic) bond motifs is 1. The number of rotatable bonds is 4. The van der Waals surface area contributed by atoms with E-state index in [1.54, 1.807) is 24.3 Å². The minimum Gasteiger partial charge on any atom is -0.351 e. The van der Waals surface area contributed by atoms with E-state index in [-0.39, 0.29) is 17.1 Å². The molecule has 18 heavy (non-hydrogen) atoms. The molecule has 1 amide bonds. The normalized spacial score (nSPS) is 10.6. The second kappa shape index (κ2) is 5.55. The van der Waals surface area contributed by atoms with Crippen LogP contribution < -0.4 is 11.1 Å². The molecule has 94 valence electrons. The van der Waals surface area contributed by atoms with Crippen molar-refractivity contribution in [3.8, 4) is 0 Å². The Bertz CT molecular complexity index is 571. The topological polar surface area (TPSA) is 68.0 Å². The zero-order chi connectivity index (χ0) is 13.0. The third-order valence-corrected chi connectivity index (χ3v) is 2.57. The Balaban J connectivity index is 2.24. The molecule has 0 radical (unpaired) electrons. The van der Waals surface area contributed by atoms with E-state index in [2.05, 4.69) is 10.3 Å². The maximum atomic E-state index is 13.5. The maximum absolute atomic E-state index is 13.5. The van der Waals surface area contributed by atoms with Crippen LogP contribution in [0.2, 0.25) is 0 Å². The van der Waals surface area contributed by atoms with Gasteiger partial charge in [-0.25, -0.2) is 9.37 Å². The Morgan fingerprint density at radius 3 is 2.94 bits per heavy atom. The van der Waals surface area contributed by atoms with E-state index in [1.165, 1.54) is 6.07 Å². The molecular weight excluding hydrogens is 233 g/mol. The van der Waals surface area contributed by atoms with E-state index >= 15 is 0 Å². The summed E-state index contributed by atoms with van der Waals surface area (Å²) in [6.07, 6.45) is 0.702. The molecule has 1 aromatic heterocycles. The minimum atomic E-state index is -0.427. The first-order valence-electron chi connectivity index (χ1n) is 5.76. The standard InChI is InChI=1S/C13H14FN3O/c14-10-4-1-3-9-5-6-11(17-12(9)10)13(18)16-8-2-7-15/h1,3-6H,2,7-8,15H2,(H,16,18). The molecule has 0 fully saturated rings. The summed E-state index contributed by atoms with van der Waals surface area (Å²) in [6, 6.07) is 7.95. The predicted octanol–water partition coefficient (Wildman–Crippen LogP) is 1.45. The second-order valence-electron chi connectivity index (χ2n) is 3.91. The quantitative estimate of drug-likeness (QED) is 0.803. The predicted molar refractivity (Wildman–Crippen MR) is 67.7 cm³/mol. The SMILES string of the molecule is NCCCNC(=O)c1ccc2cccc(F)c2n1. The van der Waals surface area contributed by atoms with Crippen molar-refractivity contribution >= 4 is 16.8 Å². The van der Waals surface area contributed by atoms with E-state index in [4.69, 9.17) is 5.73 Å². The zero-order valence-corrected chi connectivity index (χ0v) is 9.82. The van der Waals surface area contributed by atoms with E-state index in [0.717, 1.165) is 0 Å². The summed E-state index contributed by atoms with van der Waals surface area (Å²) in [7, 11) is 0. The number of pyridine rings is 1. The van der Waals surface area contributed by atoms with Crippen LogP contribution in [-0.4, -0.2) is 24.0 Å². The number of benzene rings is 1. The molecule has 5 heteroatoms. The van der Waals surface area contributed by atoms with Gasteiger partial charge in [-0.15, -0.1) is 0 Å². The van der Waals surface area contributed by atoms with Crippen molar-refractivity contribution < 1.29 is 9.18 Å². The number of carbonyl (C=O) groups excluding carboxylic acids is 1. The number of carbonyl (C=O) groups is 1. The van der Waals surface area contributed by atoms with Gasteiger partial charge in [-0.2, -0.15) is 0 Å². The fraction of sp³-hybridized carbons (Fsp3) is 0.231. The molecule has 0 aliphatic rings. The van der Waals surface area contributed by atoms with Crippen LogP contribution in [0.1, 0.15) is 16.9 Å². The highest BCUT2D eigenvalue weighted by atomic mass is 19.1. The van der Waals surface area contributed by atoms with Crippen molar-refractivity contribution in [1.29, 1.82) is 0 Å². The van der Waals surface area contributed by atoms with Gasteiger partial charge in [0.15, 0.2) is 0 Å². The van der Waals surface area contributed by atoms with Crippen LogP contribution in [0.4, 0.5) is 4.39 Å². The highest BCUT2D eigenvalue weighted by Crippen LogP contribution is 2.15. The third-order valence-electron chi connectivity index (χ3n) is 2.57. The molecule has 2 rings (SSSR count). The Morgan fingerprint density at radius 1 is 1.33 bits per heavy atom. The molecule has 0 bridgehead atoms. The molecule has 4 nitrogen and oxygen atoms in total. The van der Waals surface area contributed by atoms with Gasteiger partial charge < -0.3 is 11.1 Å². The fourth-order valence-electron chi connectivity index (χ4n) is 1.63.